The Balaban J connectivity index is 1.61. The van der Waals surface area contributed by atoms with E-state index in [2.05, 4.69) is 35.8 Å². The van der Waals surface area contributed by atoms with Gasteiger partial charge < -0.3 is 20.8 Å². The van der Waals surface area contributed by atoms with Gasteiger partial charge in [-0.3, -0.25) is 4.79 Å². The summed E-state index contributed by atoms with van der Waals surface area (Å²) in [6.07, 6.45) is 1.23. The molecule has 13 heteroatoms. The Morgan fingerprint density at radius 3 is 2.73 bits per heavy atom. The molecule has 2 aromatic heterocycles. The number of hydrogen-bond donors (Lipinski definition) is 4. The van der Waals surface area contributed by atoms with Gasteiger partial charge in [0.25, 0.3) is 5.91 Å². The molecule has 0 aliphatic rings. The molecule has 1 amide bonds. The van der Waals surface area contributed by atoms with Gasteiger partial charge in [-0.05, 0) is 34.6 Å². The third kappa shape index (κ3) is 4.56. The van der Waals surface area contributed by atoms with E-state index in [4.69, 9.17) is 5.73 Å². The highest BCUT2D eigenvalue weighted by Crippen LogP contribution is 2.22. The van der Waals surface area contributed by atoms with Crippen LogP contribution in [0, 0.1) is 0 Å². The Kier molecular flexibility index (Phi) is 5.84. The Bertz CT molecular complexity index is 1300. The predicted octanol–water partition coefficient (Wildman–Crippen LogP) is 1.04. The number of nitrogens with two attached hydrogens (primary N) is 1. The number of nitrogens with zero attached hydrogens (tertiary/aromatic N) is 7. The smallest absolute Gasteiger partial charge is 0.293 e. The summed E-state index contributed by atoms with van der Waals surface area (Å²) in [5.41, 5.74) is 9.68. The number of benzene rings is 2. The van der Waals surface area contributed by atoms with E-state index in [1.54, 1.807) is 0 Å². The van der Waals surface area contributed by atoms with Crippen LogP contribution in [0.4, 0.5) is 11.5 Å². The molecule has 4 rings (SSSR count). The second-order valence-electron chi connectivity index (χ2n) is 6.90. The molecule has 2 heterocycles. The molecule has 4 aromatic rings. The molecule has 0 radical (unpaired) electrons. The lowest BCUT2D eigenvalue weighted by atomic mass is 10.2. The van der Waals surface area contributed by atoms with Gasteiger partial charge in [0.1, 0.15) is 11.5 Å². The van der Waals surface area contributed by atoms with Crippen LogP contribution in [0.15, 0.2) is 58.3 Å². The van der Waals surface area contributed by atoms with Crippen molar-refractivity contribution in [3.63, 3.8) is 0 Å². The zero-order valence-corrected chi connectivity index (χ0v) is 17.3. The molecule has 13 nitrogen and oxygen atoms in total. The summed E-state index contributed by atoms with van der Waals surface area (Å²) in [7, 11) is 1.84. The average molecular weight is 449 g/mol. The summed E-state index contributed by atoms with van der Waals surface area (Å²) in [5.74, 6) is -0.869. The van der Waals surface area contributed by atoms with Gasteiger partial charge in [0, 0.05) is 24.4 Å². The first kappa shape index (κ1) is 21.3. The van der Waals surface area contributed by atoms with Crippen molar-refractivity contribution < 1.29 is 19.6 Å². The molecular weight excluding hydrogens is 430 g/mol. The number of para-hydroxylation sites is 1. The molecule has 0 aliphatic carbocycles. The van der Waals surface area contributed by atoms with E-state index in [-0.39, 0.29) is 35.4 Å². The second-order valence-corrected chi connectivity index (χ2v) is 6.90. The van der Waals surface area contributed by atoms with Crippen molar-refractivity contribution in [2.24, 2.45) is 5.10 Å². The summed E-state index contributed by atoms with van der Waals surface area (Å²) in [6.45, 7) is 0.217. The fraction of sp³-hybridized carbons (Fsp3) is 0.100. The van der Waals surface area contributed by atoms with Crippen LogP contribution in [0.25, 0.3) is 5.82 Å². The minimum atomic E-state index is -0.651. The lowest BCUT2D eigenvalue weighted by Crippen LogP contribution is -2.24. The maximum Gasteiger partial charge on any atom is 0.293 e. The van der Waals surface area contributed by atoms with E-state index in [0.29, 0.717) is 11.3 Å². The maximum atomic E-state index is 12.8. The second kappa shape index (κ2) is 9.05. The van der Waals surface area contributed by atoms with Gasteiger partial charge in [0.2, 0.25) is 11.6 Å². The molecule has 33 heavy (non-hydrogen) atoms. The van der Waals surface area contributed by atoms with Crippen molar-refractivity contribution in [1.29, 1.82) is 0 Å². The lowest BCUT2D eigenvalue weighted by molar-refractivity contribution is 0.0949. The summed E-state index contributed by atoms with van der Waals surface area (Å²) in [6, 6.07) is 13.5. The molecule has 2 aromatic carbocycles. The van der Waals surface area contributed by atoms with Gasteiger partial charge in [0.05, 0.1) is 18.5 Å². The molecule has 0 atom stereocenters. The molecule has 0 saturated carbocycles. The first-order valence-corrected chi connectivity index (χ1v) is 9.58. The number of nitrogen functional groups attached to an aromatic ring is 1. The van der Waals surface area contributed by atoms with Crippen LogP contribution < -0.4 is 16.1 Å². The fourth-order valence-corrected chi connectivity index (χ4v) is 2.98. The van der Waals surface area contributed by atoms with Gasteiger partial charge >= 0.3 is 0 Å². The summed E-state index contributed by atoms with van der Waals surface area (Å²) in [4.78, 5) is 14.7. The quantitative estimate of drug-likeness (QED) is 0.235. The SMILES string of the molecule is CN(Cc1c(C(=O)N/N=C\c2ccc(O)cc2O)nnn1-c1nonc1N)c1ccccc1. The minimum absolute atomic E-state index is 0.0173. The number of rotatable bonds is 7. The number of hydrogen-bond acceptors (Lipinski definition) is 11. The van der Waals surface area contributed by atoms with Crippen molar-refractivity contribution in [3.8, 4) is 17.3 Å². The number of phenols is 2. The lowest BCUT2D eigenvalue weighted by Gasteiger charge is -2.19. The molecule has 0 saturated heterocycles. The van der Waals surface area contributed by atoms with Crippen LogP contribution in [-0.4, -0.2) is 54.7 Å². The summed E-state index contributed by atoms with van der Waals surface area (Å²) < 4.78 is 5.93. The zero-order valence-electron chi connectivity index (χ0n) is 17.3. The highest BCUT2D eigenvalue weighted by molar-refractivity contribution is 5.94. The first-order valence-electron chi connectivity index (χ1n) is 9.58. The molecule has 0 spiro atoms. The third-order valence-corrected chi connectivity index (χ3v) is 4.64. The van der Waals surface area contributed by atoms with Crippen LogP contribution in [-0.2, 0) is 6.54 Å². The van der Waals surface area contributed by atoms with E-state index in [1.165, 1.54) is 23.0 Å². The molecule has 0 aliphatic heterocycles. The van der Waals surface area contributed by atoms with E-state index < -0.39 is 5.91 Å². The number of nitrogens with one attached hydrogen (secondary N) is 1. The largest absolute Gasteiger partial charge is 0.508 e. The van der Waals surface area contributed by atoms with Crippen LogP contribution in [0.5, 0.6) is 11.5 Å². The van der Waals surface area contributed by atoms with Gasteiger partial charge in [-0.1, -0.05) is 23.4 Å². The monoisotopic (exact) mass is 449 g/mol. The topological polar surface area (TPSA) is 181 Å². The third-order valence-electron chi connectivity index (χ3n) is 4.64. The molecule has 5 N–H and O–H groups in total. The number of anilines is 2. The molecule has 0 unspecified atom stereocenters. The van der Waals surface area contributed by atoms with Crippen molar-refractivity contribution >= 4 is 23.6 Å². The normalized spacial score (nSPS) is 11.1. The minimum Gasteiger partial charge on any atom is -0.508 e. The highest BCUT2D eigenvalue weighted by atomic mass is 16.6. The van der Waals surface area contributed by atoms with Gasteiger partial charge in [0.15, 0.2) is 5.69 Å². The van der Waals surface area contributed by atoms with Crippen molar-refractivity contribution in [3.05, 3.63) is 65.5 Å². The van der Waals surface area contributed by atoms with E-state index >= 15 is 0 Å². The molecular formula is C20H19N9O4. The summed E-state index contributed by atoms with van der Waals surface area (Å²) >= 11 is 0. The number of carbonyl (C=O) groups excluding carboxylic acids is 1. The maximum absolute atomic E-state index is 12.8. The Labute approximate surface area is 186 Å². The van der Waals surface area contributed by atoms with E-state index in [0.717, 1.165) is 11.8 Å². The van der Waals surface area contributed by atoms with E-state index in [1.807, 2.05) is 42.3 Å². The number of aromatic nitrogens is 5. The number of aromatic hydroxyl groups is 2. The summed E-state index contributed by atoms with van der Waals surface area (Å²) in [5, 5.41) is 38.3. The predicted molar refractivity (Wildman–Crippen MR) is 117 cm³/mol. The molecule has 0 fully saturated rings. The standard InChI is InChI=1S/C20H19N9O4/c1-28(13-5-3-2-4-6-13)11-15-17(23-27-29(15)19-18(21)25-33-26-19)20(32)24-22-10-12-7-8-14(30)9-16(12)31/h2-10,30-31H,11H2,1H3,(H2,21,25)(H,24,32)/b22-10-. The van der Waals surface area contributed by atoms with Crippen LogP contribution in [0.3, 0.4) is 0 Å². The molecule has 0 bridgehead atoms. The number of amides is 1. The molecule has 168 valence electrons. The van der Waals surface area contributed by atoms with Gasteiger partial charge in [-0.2, -0.15) is 9.78 Å². The Morgan fingerprint density at radius 2 is 2.03 bits per heavy atom. The zero-order chi connectivity index (χ0) is 23.4. The van der Waals surface area contributed by atoms with Crippen LogP contribution >= 0.6 is 0 Å². The number of carbonyl (C=O) groups is 1. The Morgan fingerprint density at radius 1 is 1.24 bits per heavy atom. The highest BCUT2D eigenvalue weighted by Gasteiger charge is 2.25. The average Bonchev–Trinajstić information content (AvgIpc) is 3.41. The van der Waals surface area contributed by atoms with Crippen LogP contribution in [0.1, 0.15) is 21.7 Å². The first-order chi connectivity index (χ1) is 15.9. The Hall–Kier alpha value is -4.94. The van der Waals surface area contributed by atoms with Crippen molar-refractivity contribution in [1.82, 2.24) is 30.7 Å². The van der Waals surface area contributed by atoms with Crippen molar-refractivity contribution in [2.75, 3.05) is 17.7 Å². The van der Waals surface area contributed by atoms with Gasteiger partial charge in [-0.25, -0.2) is 10.1 Å². The fourth-order valence-electron chi connectivity index (χ4n) is 2.98. The van der Waals surface area contributed by atoms with Crippen LogP contribution in [0.2, 0.25) is 0 Å². The number of phenolic OH excluding ortho intramolecular Hbond substituents is 2. The van der Waals surface area contributed by atoms with E-state index in [9.17, 15) is 15.0 Å². The van der Waals surface area contributed by atoms with Crippen molar-refractivity contribution in [2.45, 2.75) is 6.54 Å². The number of hydrazone groups is 1. The van der Waals surface area contributed by atoms with Gasteiger partial charge in [-0.15, -0.1) is 5.10 Å².